The lowest BCUT2D eigenvalue weighted by Gasteiger charge is -1.97. The molecule has 8 nitrogen and oxygen atoms in total. The minimum absolute atomic E-state index is 0.118. The molecule has 0 fully saturated rings. The van der Waals surface area contributed by atoms with Gasteiger partial charge in [-0.2, -0.15) is 5.10 Å². The molecule has 0 aliphatic carbocycles. The van der Waals surface area contributed by atoms with E-state index in [1.807, 2.05) is 0 Å². The lowest BCUT2D eigenvalue weighted by Crippen LogP contribution is -2.27. The first-order chi connectivity index (χ1) is 8.04. The van der Waals surface area contributed by atoms with Gasteiger partial charge in [0.25, 0.3) is 5.69 Å². The molecular weight excluding hydrogens is 250 g/mol. The van der Waals surface area contributed by atoms with Crippen LogP contribution in [0, 0.1) is 10.1 Å². The SMILES string of the molecule is N/C(=N\N=C\c1cc([N+](=O)[O-])ccc1Cl)NO. The average molecular weight is 258 g/mol. The van der Waals surface area contributed by atoms with Crippen LogP contribution in [0.2, 0.25) is 5.02 Å². The zero-order valence-electron chi connectivity index (χ0n) is 8.37. The third kappa shape index (κ3) is 3.70. The Balaban J connectivity index is 2.98. The zero-order chi connectivity index (χ0) is 12.8. The summed E-state index contributed by atoms with van der Waals surface area (Å²) in [6, 6.07) is 3.88. The number of non-ortho nitro benzene ring substituents is 1. The van der Waals surface area contributed by atoms with E-state index in [1.54, 1.807) is 5.48 Å². The van der Waals surface area contributed by atoms with Gasteiger partial charge in [-0.05, 0) is 6.07 Å². The van der Waals surface area contributed by atoms with Gasteiger partial charge in [0.15, 0.2) is 0 Å². The van der Waals surface area contributed by atoms with Crippen molar-refractivity contribution in [2.45, 2.75) is 0 Å². The second-order valence-electron chi connectivity index (χ2n) is 2.80. The highest BCUT2D eigenvalue weighted by Crippen LogP contribution is 2.20. The molecule has 90 valence electrons. The third-order valence-corrected chi connectivity index (χ3v) is 2.01. The van der Waals surface area contributed by atoms with Crippen LogP contribution in [0.4, 0.5) is 5.69 Å². The quantitative estimate of drug-likeness (QED) is 0.321. The molecule has 0 radical (unpaired) electrons. The number of hydrogen-bond acceptors (Lipinski definition) is 5. The Labute approximate surface area is 101 Å². The first-order valence-electron chi connectivity index (χ1n) is 4.25. The van der Waals surface area contributed by atoms with Crippen LogP contribution >= 0.6 is 11.6 Å². The van der Waals surface area contributed by atoms with Crippen LogP contribution in [-0.4, -0.2) is 22.3 Å². The zero-order valence-corrected chi connectivity index (χ0v) is 9.13. The Kier molecular flexibility index (Phi) is 4.37. The number of halogens is 1. The Hall–Kier alpha value is -2.19. The number of rotatable bonds is 3. The van der Waals surface area contributed by atoms with Gasteiger partial charge in [0.05, 0.1) is 11.1 Å². The Morgan fingerprint density at radius 3 is 2.94 bits per heavy atom. The van der Waals surface area contributed by atoms with Crippen LogP contribution in [0.15, 0.2) is 28.4 Å². The van der Waals surface area contributed by atoms with Gasteiger partial charge < -0.3 is 5.73 Å². The molecule has 9 heteroatoms. The summed E-state index contributed by atoms with van der Waals surface area (Å²) in [5.74, 6) is -0.317. The summed E-state index contributed by atoms with van der Waals surface area (Å²) >= 11 is 5.79. The van der Waals surface area contributed by atoms with Crippen molar-refractivity contribution in [1.29, 1.82) is 0 Å². The largest absolute Gasteiger partial charge is 0.367 e. The molecule has 1 rings (SSSR count). The van der Waals surface area contributed by atoms with Gasteiger partial charge in [-0.3, -0.25) is 15.3 Å². The van der Waals surface area contributed by atoms with Crippen molar-refractivity contribution in [3.63, 3.8) is 0 Å². The van der Waals surface area contributed by atoms with E-state index in [9.17, 15) is 10.1 Å². The summed E-state index contributed by atoms with van der Waals surface area (Å²) in [5, 5.41) is 25.9. The maximum absolute atomic E-state index is 10.5. The summed E-state index contributed by atoms with van der Waals surface area (Å²) in [6.45, 7) is 0. The molecule has 0 aliphatic heterocycles. The molecule has 0 saturated heterocycles. The molecule has 1 aromatic rings. The monoisotopic (exact) mass is 257 g/mol. The van der Waals surface area contributed by atoms with Crippen LogP contribution in [0.5, 0.6) is 0 Å². The fourth-order valence-electron chi connectivity index (χ4n) is 0.919. The van der Waals surface area contributed by atoms with E-state index in [1.165, 1.54) is 24.4 Å². The highest BCUT2D eigenvalue weighted by atomic mass is 35.5. The minimum Gasteiger partial charge on any atom is -0.367 e. The van der Waals surface area contributed by atoms with Gasteiger partial charge in [0.1, 0.15) is 0 Å². The van der Waals surface area contributed by atoms with Crippen LogP contribution in [-0.2, 0) is 0 Å². The first-order valence-corrected chi connectivity index (χ1v) is 4.63. The van der Waals surface area contributed by atoms with E-state index in [0.29, 0.717) is 5.56 Å². The molecule has 0 heterocycles. The topological polar surface area (TPSA) is 126 Å². The highest BCUT2D eigenvalue weighted by Gasteiger charge is 2.07. The average Bonchev–Trinajstić information content (AvgIpc) is 2.30. The van der Waals surface area contributed by atoms with Crippen molar-refractivity contribution in [1.82, 2.24) is 5.48 Å². The van der Waals surface area contributed by atoms with Gasteiger partial charge in [-0.1, -0.05) is 11.6 Å². The second-order valence-corrected chi connectivity index (χ2v) is 3.21. The van der Waals surface area contributed by atoms with Gasteiger partial charge in [0, 0.05) is 22.7 Å². The number of benzene rings is 1. The van der Waals surface area contributed by atoms with Crippen molar-refractivity contribution in [2.75, 3.05) is 0 Å². The van der Waals surface area contributed by atoms with E-state index >= 15 is 0 Å². The van der Waals surface area contributed by atoms with Gasteiger partial charge in [0.2, 0.25) is 5.96 Å². The number of hydroxylamine groups is 1. The predicted octanol–water partition coefficient (Wildman–Crippen LogP) is 0.876. The fraction of sp³-hybridized carbons (Fsp3) is 0. The van der Waals surface area contributed by atoms with Crippen LogP contribution in [0.3, 0.4) is 0 Å². The van der Waals surface area contributed by atoms with Crippen LogP contribution in [0.1, 0.15) is 5.56 Å². The van der Waals surface area contributed by atoms with Crippen LogP contribution < -0.4 is 11.2 Å². The number of hydrogen-bond donors (Lipinski definition) is 3. The fourth-order valence-corrected chi connectivity index (χ4v) is 1.09. The molecule has 1 aromatic carbocycles. The minimum atomic E-state index is -0.555. The Bertz CT molecular complexity index is 488. The second kappa shape index (κ2) is 5.77. The van der Waals surface area contributed by atoms with Crippen LogP contribution in [0.25, 0.3) is 0 Å². The smallest absolute Gasteiger partial charge is 0.270 e. The molecule has 0 unspecified atom stereocenters. The van der Waals surface area contributed by atoms with Crippen molar-refractivity contribution in [3.8, 4) is 0 Å². The summed E-state index contributed by atoms with van der Waals surface area (Å²) in [5.41, 5.74) is 6.85. The maximum atomic E-state index is 10.5. The van der Waals surface area contributed by atoms with Gasteiger partial charge >= 0.3 is 0 Å². The summed E-state index contributed by atoms with van der Waals surface area (Å²) in [4.78, 5) is 9.97. The van der Waals surface area contributed by atoms with E-state index in [0.717, 1.165) is 0 Å². The molecule has 0 bridgehead atoms. The standard InChI is InChI=1S/C8H8ClN5O3/c9-7-2-1-6(14(16)17)3-5(7)4-11-12-8(10)13-15/h1-4,15H,(H3,10,12,13)/b11-4+. The number of nitrogens with one attached hydrogen (secondary N) is 1. The number of nitro groups is 1. The van der Waals surface area contributed by atoms with Crippen molar-refractivity contribution in [3.05, 3.63) is 38.9 Å². The molecule has 17 heavy (non-hydrogen) atoms. The van der Waals surface area contributed by atoms with Crippen molar-refractivity contribution < 1.29 is 10.1 Å². The number of guanidine groups is 1. The lowest BCUT2D eigenvalue weighted by molar-refractivity contribution is -0.384. The molecule has 0 atom stereocenters. The van der Waals surface area contributed by atoms with E-state index < -0.39 is 4.92 Å². The molecule has 0 aromatic heterocycles. The molecule has 0 spiro atoms. The van der Waals surface area contributed by atoms with Crippen molar-refractivity contribution in [2.24, 2.45) is 15.9 Å². The number of nitrogens with two attached hydrogens (primary N) is 1. The normalized spacial score (nSPS) is 11.8. The van der Waals surface area contributed by atoms with Gasteiger partial charge in [-0.25, -0.2) is 5.48 Å². The van der Waals surface area contributed by atoms with E-state index in [4.69, 9.17) is 22.5 Å². The molecule has 0 amide bonds. The lowest BCUT2D eigenvalue weighted by atomic mass is 10.2. The summed E-state index contributed by atoms with van der Waals surface area (Å²) in [6.07, 6.45) is 1.18. The Morgan fingerprint density at radius 1 is 1.65 bits per heavy atom. The predicted molar refractivity (Wildman–Crippen MR) is 62.2 cm³/mol. The summed E-state index contributed by atoms with van der Waals surface area (Å²) in [7, 11) is 0. The highest BCUT2D eigenvalue weighted by molar-refractivity contribution is 6.33. The van der Waals surface area contributed by atoms with Gasteiger partial charge in [-0.15, -0.1) is 5.10 Å². The molecule has 4 N–H and O–H groups in total. The number of nitro benzene ring substituents is 1. The molecule has 0 aliphatic rings. The van der Waals surface area contributed by atoms with Crippen molar-refractivity contribution >= 4 is 29.5 Å². The molecular formula is C8H8ClN5O3. The Morgan fingerprint density at radius 2 is 2.35 bits per heavy atom. The maximum Gasteiger partial charge on any atom is 0.270 e. The summed E-state index contributed by atoms with van der Waals surface area (Å²) < 4.78 is 0. The number of nitrogens with zero attached hydrogens (tertiary/aromatic N) is 3. The third-order valence-electron chi connectivity index (χ3n) is 1.67. The van der Waals surface area contributed by atoms with E-state index in [2.05, 4.69) is 10.2 Å². The molecule has 0 saturated carbocycles. The van der Waals surface area contributed by atoms with E-state index in [-0.39, 0.29) is 16.7 Å². The first kappa shape index (κ1) is 12.9.